The van der Waals surface area contributed by atoms with E-state index in [9.17, 15) is 22.8 Å². The van der Waals surface area contributed by atoms with E-state index in [1.54, 1.807) is 0 Å². The molecule has 0 radical (unpaired) electrons. The molecule has 0 aliphatic carbocycles. The molecule has 1 amide bonds. The summed E-state index contributed by atoms with van der Waals surface area (Å²) in [4.78, 5) is 27.0. The number of rotatable bonds is 3. The minimum atomic E-state index is -2.89. The average Bonchev–Trinajstić information content (AvgIpc) is 3.19. The van der Waals surface area contributed by atoms with Crippen LogP contribution in [0, 0.1) is 5.82 Å². The van der Waals surface area contributed by atoms with Gasteiger partial charge in [0.05, 0.1) is 18.1 Å². The second-order valence-electron chi connectivity index (χ2n) is 7.78. The highest BCUT2D eigenvalue weighted by atomic mass is 35.5. The molecule has 1 aromatic carbocycles. The van der Waals surface area contributed by atoms with Gasteiger partial charge in [0, 0.05) is 18.9 Å². The molecule has 1 saturated heterocycles. The van der Waals surface area contributed by atoms with Gasteiger partial charge in [0.1, 0.15) is 17.7 Å². The van der Waals surface area contributed by atoms with Gasteiger partial charge in [-0.1, -0.05) is 24.6 Å². The number of carbonyl (C=O) groups excluding carboxylic acids is 1. The standard InChI is InChI=1S/C19H20ClF3N4O2/c1-11-2-5-15(17(28)25-7-6-19(22,23)10-25)27-16(11)24-26(18(27)29)9-12-3-4-14(21)13(20)8-12/h3-4,8,11,15H,2,5-7,9-10H2,1H3. The summed E-state index contributed by atoms with van der Waals surface area (Å²) in [5.74, 6) is -3.52. The van der Waals surface area contributed by atoms with Crippen molar-refractivity contribution in [3.05, 3.63) is 50.9 Å². The van der Waals surface area contributed by atoms with Gasteiger partial charge < -0.3 is 4.90 Å². The normalized spacial score (nSPS) is 23.3. The zero-order chi connectivity index (χ0) is 20.9. The van der Waals surface area contributed by atoms with E-state index in [4.69, 9.17) is 11.6 Å². The van der Waals surface area contributed by atoms with Crippen LogP contribution in [0.5, 0.6) is 0 Å². The van der Waals surface area contributed by atoms with Crippen LogP contribution >= 0.6 is 11.6 Å². The van der Waals surface area contributed by atoms with E-state index in [0.29, 0.717) is 24.2 Å². The molecule has 2 aliphatic heterocycles. The second-order valence-corrected chi connectivity index (χ2v) is 8.18. The SMILES string of the molecule is CC1CCC(C(=O)N2CCC(F)(F)C2)n2c1nn(Cc1ccc(F)c(Cl)c1)c2=O. The Bertz CT molecular complexity index is 1020. The number of hydrogen-bond donors (Lipinski definition) is 0. The minimum absolute atomic E-state index is 0.0236. The van der Waals surface area contributed by atoms with Gasteiger partial charge in [0.25, 0.3) is 5.92 Å². The molecule has 29 heavy (non-hydrogen) atoms. The van der Waals surface area contributed by atoms with Gasteiger partial charge in [-0.25, -0.2) is 22.6 Å². The van der Waals surface area contributed by atoms with Crippen LogP contribution in [0.3, 0.4) is 0 Å². The maximum Gasteiger partial charge on any atom is 0.347 e. The quantitative estimate of drug-likeness (QED) is 0.754. The van der Waals surface area contributed by atoms with Gasteiger partial charge in [0.15, 0.2) is 0 Å². The minimum Gasteiger partial charge on any atom is -0.335 e. The third-order valence-corrected chi connectivity index (χ3v) is 5.89. The number of benzene rings is 1. The predicted octanol–water partition coefficient (Wildman–Crippen LogP) is 3.19. The fourth-order valence-corrected chi connectivity index (χ4v) is 4.22. The molecule has 2 unspecified atom stereocenters. The summed E-state index contributed by atoms with van der Waals surface area (Å²) in [6.45, 7) is 1.32. The van der Waals surface area contributed by atoms with Crippen LogP contribution < -0.4 is 5.69 Å². The molecule has 1 fully saturated rings. The van der Waals surface area contributed by atoms with Gasteiger partial charge in [-0.15, -0.1) is 0 Å². The largest absolute Gasteiger partial charge is 0.347 e. The smallest absolute Gasteiger partial charge is 0.335 e. The average molecular weight is 429 g/mol. The number of alkyl halides is 2. The molecular weight excluding hydrogens is 409 g/mol. The van der Waals surface area contributed by atoms with Crippen LogP contribution in [0.2, 0.25) is 5.02 Å². The lowest BCUT2D eigenvalue weighted by atomic mass is 9.95. The highest BCUT2D eigenvalue weighted by Crippen LogP contribution is 2.34. The zero-order valence-electron chi connectivity index (χ0n) is 15.7. The van der Waals surface area contributed by atoms with E-state index in [0.717, 1.165) is 4.90 Å². The van der Waals surface area contributed by atoms with E-state index >= 15 is 0 Å². The van der Waals surface area contributed by atoms with Crippen LogP contribution in [0.15, 0.2) is 23.0 Å². The monoisotopic (exact) mass is 428 g/mol. The topological polar surface area (TPSA) is 60.1 Å². The highest BCUT2D eigenvalue weighted by Gasteiger charge is 2.44. The molecule has 2 aromatic rings. The first-order valence-electron chi connectivity index (χ1n) is 9.46. The van der Waals surface area contributed by atoms with Gasteiger partial charge in [-0.05, 0) is 30.5 Å². The molecule has 2 atom stereocenters. The molecular formula is C19H20ClF3N4O2. The maximum atomic E-state index is 13.6. The van der Waals surface area contributed by atoms with Crippen LogP contribution in [-0.4, -0.2) is 44.2 Å². The third kappa shape index (κ3) is 3.68. The third-order valence-electron chi connectivity index (χ3n) is 5.61. The summed E-state index contributed by atoms with van der Waals surface area (Å²) in [5.41, 5.74) is 0.0972. The Morgan fingerprint density at radius 2 is 2.10 bits per heavy atom. The van der Waals surface area contributed by atoms with Crippen molar-refractivity contribution in [2.45, 2.75) is 50.6 Å². The first-order valence-corrected chi connectivity index (χ1v) is 9.84. The number of nitrogens with zero attached hydrogens (tertiary/aromatic N) is 4. The lowest BCUT2D eigenvalue weighted by Gasteiger charge is -2.29. The maximum absolute atomic E-state index is 13.6. The van der Waals surface area contributed by atoms with E-state index in [2.05, 4.69) is 5.10 Å². The van der Waals surface area contributed by atoms with Crippen molar-refractivity contribution in [1.82, 2.24) is 19.2 Å². The number of carbonyl (C=O) groups is 1. The molecule has 0 spiro atoms. The van der Waals surface area contributed by atoms with Crippen molar-refractivity contribution in [2.75, 3.05) is 13.1 Å². The van der Waals surface area contributed by atoms with E-state index in [1.165, 1.54) is 27.4 Å². The molecule has 1 aromatic heterocycles. The van der Waals surface area contributed by atoms with Crippen LogP contribution in [0.4, 0.5) is 13.2 Å². The highest BCUT2D eigenvalue weighted by molar-refractivity contribution is 6.30. The van der Waals surface area contributed by atoms with Crippen molar-refractivity contribution in [1.29, 1.82) is 0 Å². The van der Waals surface area contributed by atoms with Crippen molar-refractivity contribution in [3.8, 4) is 0 Å². The molecule has 2 aliphatic rings. The molecule has 3 heterocycles. The Labute approximate surface area is 169 Å². The lowest BCUT2D eigenvalue weighted by Crippen LogP contribution is -2.42. The first-order chi connectivity index (χ1) is 13.7. The van der Waals surface area contributed by atoms with Crippen molar-refractivity contribution in [3.63, 3.8) is 0 Å². The van der Waals surface area contributed by atoms with Crippen molar-refractivity contribution < 1.29 is 18.0 Å². The Kier molecular flexibility index (Phi) is 4.96. The summed E-state index contributed by atoms with van der Waals surface area (Å²) in [6, 6.07) is 3.29. The van der Waals surface area contributed by atoms with Crippen LogP contribution in [0.1, 0.15) is 49.5 Å². The Morgan fingerprint density at radius 3 is 2.76 bits per heavy atom. The predicted molar refractivity (Wildman–Crippen MR) is 99.8 cm³/mol. The second kappa shape index (κ2) is 7.19. The Hall–Kier alpha value is -2.29. The zero-order valence-corrected chi connectivity index (χ0v) is 16.5. The summed E-state index contributed by atoms with van der Waals surface area (Å²) in [5, 5.41) is 4.32. The number of fused-ring (bicyclic) bond motifs is 1. The molecule has 10 heteroatoms. The molecule has 0 bridgehead atoms. The van der Waals surface area contributed by atoms with Gasteiger partial charge >= 0.3 is 5.69 Å². The van der Waals surface area contributed by atoms with Crippen molar-refractivity contribution >= 4 is 17.5 Å². The molecule has 0 N–H and O–H groups in total. The number of hydrogen-bond acceptors (Lipinski definition) is 3. The van der Waals surface area contributed by atoms with Gasteiger partial charge in [-0.3, -0.25) is 9.36 Å². The lowest BCUT2D eigenvalue weighted by molar-refractivity contribution is -0.136. The molecule has 4 rings (SSSR count). The van der Waals surface area contributed by atoms with Crippen LogP contribution in [0.25, 0.3) is 0 Å². The number of halogens is 4. The fraction of sp³-hybridized carbons (Fsp3) is 0.526. The summed E-state index contributed by atoms with van der Waals surface area (Å²) >= 11 is 5.81. The summed E-state index contributed by atoms with van der Waals surface area (Å²) in [7, 11) is 0. The summed E-state index contributed by atoms with van der Waals surface area (Å²) in [6.07, 6.45) is 0.650. The molecule has 156 valence electrons. The van der Waals surface area contributed by atoms with E-state index < -0.39 is 35.9 Å². The van der Waals surface area contributed by atoms with Gasteiger partial charge in [-0.2, -0.15) is 5.10 Å². The van der Waals surface area contributed by atoms with E-state index in [-0.39, 0.29) is 30.5 Å². The van der Waals surface area contributed by atoms with Crippen molar-refractivity contribution in [2.24, 2.45) is 0 Å². The van der Waals surface area contributed by atoms with Gasteiger partial charge in [0.2, 0.25) is 5.91 Å². The van der Waals surface area contributed by atoms with Crippen LogP contribution in [-0.2, 0) is 11.3 Å². The molecule has 6 nitrogen and oxygen atoms in total. The fourth-order valence-electron chi connectivity index (χ4n) is 4.01. The first kappa shape index (κ1) is 20.0. The number of amides is 1. The number of aromatic nitrogens is 3. The van der Waals surface area contributed by atoms with E-state index in [1.807, 2.05) is 6.92 Å². The number of likely N-dealkylation sites (tertiary alicyclic amines) is 1. The summed E-state index contributed by atoms with van der Waals surface area (Å²) < 4.78 is 43.0. The molecule has 0 saturated carbocycles. The Balaban J connectivity index is 1.66. The Morgan fingerprint density at radius 1 is 1.34 bits per heavy atom.